The Morgan fingerprint density at radius 2 is 1.71 bits per heavy atom. The van der Waals surface area contributed by atoms with E-state index in [9.17, 15) is 14.9 Å². The van der Waals surface area contributed by atoms with E-state index >= 15 is 0 Å². The van der Waals surface area contributed by atoms with Gasteiger partial charge in [0.1, 0.15) is 0 Å². The molecule has 0 radical (unpaired) electrons. The Morgan fingerprint density at radius 1 is 1.11 bits per heavy atom. The maximum atomic E-state index is 12.0. The number of hydrogen-bond acceptors (Lipinski definition) is 7. The molecule has 2 aromatic rings. The van der Waals surface area contributed by atoms with Crippen LogP contribution in [-0.4, -0.2) is 36.5 Å². The van der Waals surface area contributed by atoms with Crippen molar-refractivity contribution in [1.29, 1.82) is 0 Å². The fourth-order valence-corrected chi connectivity index (χ4v) is 2.52. The first-order valence-electron chi connectivity index (χ1n) is 8.79. The number of carbonyl (C=O) groups excluding carboxylic acids is 1. The number of nitro groups is 1. The SMILES string of the molecule is CCOC(=O)CC(=CN(C)C)NN(c1ccccc1)c1ccc([N+](=O)[O-])cc1. The van der Waals surface area contributed by atoms with Gasteiger partial charge in [-0.1, -0.05) is 18.2 Å². The minimum Gasteiger partial charge on any atom is -0.466 e. The van der Waals surface area contributed by atoms with Crippen molar-refractivity contribution >= 4 is 23.0 Å². The average molecular weight is 384 g/mol. The van der Waals surface area contributed by atoms with Gasteiger partial charge in [-0.25, -0.2) is 0 Å². The highest BCUT2D eigenvalue weighted by atomic mass is 16.6. The zero-order chi connectivity index (χ0) is 20.5. The van der Waals surface area contributed by atoms with E-state index in [1.165, 1.54) is 12.1 Å². The lowest BCUT2D eigenvalue weighted by molar-refractivity contribution is -0.384. The van der Waals surface area contributed by atoms with E-state index in [2.05, 4.69) is 5.43 Å². The molecule has 0 unspecified atom stereocenters. The molecule has 2 aromatic carbocycles. The molecule has 0 heterocycles. The van der Waals surface area contributed by atoms with E-state index < -0.39 is 4.92 Å². The van der Waals surface area contributed by atoms with Crippen molar-refractivity contribution in [3.05, 3.63) is 76.6 Å². The maximum Gasteiger partial charge on any atom is 0.311 e. The van der Waals surface area contributed by atoms with E-state index in [-0.39, 0.29) is 18.1 Å². The number of nitrogens with zero attached hydrogens (tertiary/aromatic N) is 3. The van der Waals surface area contributed by atoms with Gasteiger partial charge in [-0.15, -0.1) is 0 Å². The van der Waals surface area contributed by atoms with Crippen LogP contribution in [0.4, 0.5) is 17.1 Å². The van der Waals surface area contributed by atoms with E-state index in [1.54, 1.807) is 30.3 Å². The molecular formula is C20H24N4O4. The van der Waals surface area contributed by atoms with Crippen molar-refractivity contribution < 1.29 is 14.5 Å². The molecule has 0 aliphatic rings. The first-order chi connectivity index (χ1) is 13.4. The van der Waals surface area contributed by atoms with Gasteiger partial charge >= 0.3 is 5.97 Å². The Hall–Kier alpha value is -3.55. The standard InChI is InChI=1S/C20H24N4O4/c1-4-28-20(25)14-16(15-22(2)3)21-23(17-8-6-5-7-9-17)18-10-12-19(13-11-18)24(26)27/h5-13,15,21H,4,14H2,1-3H3. The molecular weight excluding hydrogens is 360 g/mol. The summed E-state index contributed by atoms with van der Waals surface area (Å²) in [5.41, 5.74) is 5.36. The molecule has 0 saturated heterocycles. The van der Waals surface area contributed by atoms with Gasteiger partial charge in [-0.3, -0.25) is 25.3 Å². The summed E-state index contributed by atoms with van der Waals surface area (Å²) in [6, 6.07) is 15.6. The quantitative estimate of drug-likeness (QED) is 0.401. The molecule has 8 heteroatoms. The lowest BCUT2D eigenvalue weighted by atomic mass is 10.2. The fraction of sp³-hybridized carbons (Fsp3) is 0.250. The Kier molecular flexibility index (Phi) is 7.38. The number of hydrogen-bond donors (Lipinski definition) is 1. The van der Waals surface area contributed by atoms with Crippen molar-refractivity contribution in [1.82, 2.24) is 10.3 Å². The summed E-state index contributed by atoms with van der Waals surface area (Å²) in [7, 11) is 3.71. The molecule has 0 aliphatic heterocycles. The minimum absolute atomic E-state index is 0.00680. The Morgan fingerprint density at radius 3 is 2.25 bits per heavy atom. The van der Waals surface area contributed by atoms with Gasteiger partial charge in [0.15, 0.2) is 0 Å². The van der Waals surface area contributed by atoms with Gasteiger partial charge in [0.25, 0.3) is 5.69 Å². The molecule has 8 nitrogen and oxygen atoms in total. The van der Waals surface area contributed by atoms with Crippen molar-refractivity contribution in [2.24, 2.45) is 0 Å². The summed E-state index contributed by atoms with van der Waals surface area (Å²) in [5.74, 6) is -0.347. The third kappa shape index (κ3) is 6.01. The normalized spacial score (nSPS) is 10.9. The van der Waals surface area contributed by atoms with Crippen molar-refractivity contribution in [2.75, 3.05) is 25.7 Å². The number of carbonyl (C=O) groups is 1. The van der Waals surface area contributed by atoms with Gasteiger partial charge in [0.2, 0.25) is 0 Å². The zero-order valence-electron chi connectivity index (χ0n) is 16.2. The van der Waals surface area contributed by atoms with Crippen LogP contribution in [0.25, 0.3) is 0 Å². The second-order valence-electron chi connectivity index (χ2n) is 6.16. The summed E-state index contributed by atoms with van der Waals surface area (Å²) in [5, 5.41) is 12.7. The number of non-ortho nitro benzene ring substituents is 1. The molecule has 28 heavy (non-hydrogen) atoms. The summed E-state index contributed by atoms with van der Waals surface area (Å²) >= 11 is 0. The number of hydrazine groups is 1. The van der Waals surface area contributed by atoms with Crippen LogP contribution in [0.15, 0.2) is 66.5 Å². The number of ether oxygens (including phenoxy) is 1. The minimum atomic E-state index is -0.442. The van der Waals surface area contributed by atoms with Gasteiger partial charge in [-0.2, -0.15) is 0 Å². The molecule has 0 aromatic heterocycles. The van der Waals surface area contributed by atoms with Crippen LogP contribution in [0.3, 0.4) is 0 Å². The van der Waals surface area contributed by atoms with Crippen LogP contribution in [-0.2, 0) is 9.53 Å². The highest BCUT2D eigenvalue weighted by Crippen LogP contribution is 2.26. The van der Waals surface area contributed by atoms with Crippen LogP contribution in [0.2, 0.25) is 0 Å². The summed E-state index contributed by atoms with van der Waals surface area (Å²) < 4.78 is 5.06. The smallest absolute Gasteiger partial charge is 0.311 e. The van der Waals surface area contributed by atoms with E-state index in [0.717, 1.165) is 5.69 Å². The van der Waals surface area contributed by atoms with Crippen LogP contribution in [0.1, 0.15) is 13.3 Å². The molecule has 148 valence electrons. The van der Waals surface area contributed by atoms with Crippen molar-refractivity contribution in [2.45, 2.75) is 13.3 Å². The predicted octanol–water partition coefficient (Wildman–Crippen LogP) is 3.59. The number of benzene rings is 2. The first-order valence-corrected chi connectivity index (χ1v) is 8.79. The highest BCUT2D eigenvalue weighted by molar-refractivity contribution is 5.73. The Bertz CT molecular complexity index is 820. The number of esters is 1. The van der Waals surface area contributed by atoms with Gasteiger partial charge in [0.05, 0.1) is 35.0 Å². The third-order valence-electron chi connectivity index (χ3n) is 3.64. The monoisotopic (exact) mass is 384 g/mol. The lowest BCUT2D eigenvalue weighted by Crippen LogP contribution is -2.35. The Labute approximate surface area is 164 Å². The maximum absolute atomic E-state index is 12.0. The number of para-hydroxylation sites is 1. The van der Waals surface area contributed by atoms with E-state index in [0.29, 0.717) is 18.0 Å². The highest BCUT2D eigenvalue weighted by Gasteiger charge is 2.15. The van der Waals surface area contributed by atoms with E-state index in [4.69, 9.17) is 4.74 Å². The molecule has 0 spiro atoms. The zero-order valence-corrected chi connectivity index (χ0v) is 16.2. The molecule has 0 fully saturated rings. The predicted molar refractivity (Wildman–Crippen MR) is 108 cm³/mol. The topological polar surface area (TPSA) is 88.0 Å². The van der Waals surface area contributed by atoms with Crippen LogP contribution in [0, 0.1) is 10.1 Å². The van der Waals surface area contributed by atoms with Crippen molar-refractivity contribution in [3.8, 4) is 0 Å². The summed E-state index contributed by atoms with van der Waals surface area (Å²) in [6.45, 7) is 2.06. The third-order valence-corrected chi connectivity index (χ3v) is 3.64. The summed E-state index contributed by atoms with van der Waals surface area (Å²) in [4.78, 5) is 24.3. The van der Waals surface area contributed by atoms with Gasteiger partial charge in [0, 0.05) is 32.4 Å². The molecule has 0 saturated carbocycles. The number of nitrogens with one attached hydrogen (secondary N) is 1. The lowest BCUT2D eigenvalue weighted by Gasteiger charge is -2.28. The largest absolute Gasteiger partial charge is 0.466 e. The van der Waals surface area contributed by atoms with Crippen LogP contribution < -0.4 is 10.4 Å². The van der Waals surface area contributed by atoms with Crippen LogP contribution in [0.5, 0.6) is 0 Å². The van der Waals surface area contributed by atoms with E-state index in [1.807, 2.05) is 49.3 Å². The Balaban J connectivity index is 2.37. The average Bonchev–Trinajstić information content (AvgIpc) is 2.66. The number of rotatable bonds is 9. The molecule has 0 bridgehead atoms. The van der Waals surface area contributed by atoms with Crippen molar-refractivity contribution in [3.63, 3.8) is 0 Å². The molecule has 0 amide bonds. The molecule has 0 atom stereocenters. The summed E-state index contributed by atoms with van der Waals surface area (Å²) in [6.07, 6.45) is 1.85. The molecule has 2 rings (SSSR count). The first kappa shape index (κ1) is 20.8. The van der Waals surface area contributed by atoms with Gasteiger partial charge in [-0.05, 0) is 31.2 Å². The number of nitro benzene ring substituents is 1. The molecule has 1 N–H and O–H groups in total. The molecule has 0 aliphatic carbocycles. The fourth-order valence-electron chi connectivity index (χ4n) is 2.52. The van der Waals surface area contributed by atoms with Gasteiger partial charge < -0.3 is 9.64 Å². The van der Waals surface area contributed by atoms with Crippen LogP contribution >= 0.6 is 0 Å². The second kappa shape index (κ2) is 9.96. The second-order valence-corrected chi connectivity index (χ2v) is 6.16. The number of anilines is 2.